The second kappa shape index (κ2) is 2.77. The summed E-state index contributed by atoms with van der Waals surface area (Å²) < 4.78 is 2.40. The van der Waals surface area contributed by atoms with E-state index in [4.69, 9.17) is 11.5 Å². The van der Waals surface area contributed by atoms with Crippen LogP contribution >= 0.6 is 33.9 Å². The average molecular weight is 290 g/mol. The van der Waals surface area contributed by atoms with Gasteiger partial charge in [-0.05, 0) is 28.7 Å². The molecule has 4 heteroatoms. The summed E-state index contributed by atoms with van der Waals surface area (Å²) in [5, 5.41) is 1.79. The highest BCUT2D eigenvalue weighted by molar-refractivity contribution is 14.1. The number of hydrogen-bond donors (Lipinski definition) is 2. The maximum absolute atomic E-state index is 5.79. The number of fused-ring (bicyclic) bond motifs is 1. The number of nitrogen functional groups attached to an aromatic ring is 2. The minimum absolute atomic E-state index is 0.716. The predicted molar refractivity (Wildman–Crippen MR) is 63.4 cm³/mol. The standard InChI is InChI=1S/C8H7IN2S/c9-5-3-1-2-4-6(10)8(11)12-7(4)5/h1-3H,10-11H2. The van der Waals surface area contributed by atoms with E-state index >= 15 is 0 Å². The molecule has 62 valence electrons. The van der Waals surface area contributed by atoms with Crippen molar-refractivity contribution in [1.29, 1.82) is 0 Å². The molecule has 0 unspecified atom stereocenters. The van der Waals surface area contributed by atoms with Crippen LogP contribution in [0.15, 0.2) is 18.2 Å². The molecule has 0 aliphatic rings. The highest BCUT2D eigenvalue weighted by Gasteiger charge is 2.07. The topological polar surface area (TPSA) is 52.0 Å². The van der Waals surface area contributed by atoms with Crippen LogP contribution in [0.1, 0.15) is 0 Å². The predicted octanol–water partition coefficient (Wildman–Crippen LogP) is 2.67. The average Bonchev–Trinajstić information content (AvgIpc) is 2.32. The van der Waals surface area contributed by atoms with Gasteiger partial charge in [0, 0.05) is 8.96 Å². The molecule has 0 atom stereocenters. The van der Waals surface area contributed by atoms with Gasteiger partial charge in [0.05, 0.1) is 10.4 Å². The van der Waals surface area contributed by atoms with Gasteiger partial charge in [-0.15, -0.1) is 11.3 Å². The van der Waals surface area contributed by atoms with Crippen molar-refractivity contribution in [2.75, 3.05) is 11.5 Å². The van der Waals surface area contributed by atoms with Crippen LogP contribution in [0.25, 0.3) is 10.1 Å². The molecule has 0 amide bonds. The van der Waals surface area contributed by atoms with Crippen molar-refractivity contribution in [3.63, 3.8) is 0 Å². The number of benzene rings is 1. The van der Waals surface area contributed by atoms with E-state index < -0.39 is 0 Å². The largest absolute Gasteiger partial charge is 0.396 e. The molecule has 0 fully saturated rings. The van der Waals surface area contributed by atoms with Crippen molar-refractivity contribution >= 4 is 54.7 Å². The second-order valence-electron chi connectivity index (χ2n) is 2.50. The lowest BCUT2D eigenvalue weighted by Crippen LogP contribution is -1.87. The van der Waals surface area contributed by atoms with Crippen molar-refractivity contribution < 1.29 is 0 Å². The van der Waals surface area contributed by atoms with Crippen LogP contribution < -0.4 is 11.5 Å². The van der Waals surface area contributed by atoms with Crippen LogP contribution in [0, 0.1) is 3.57 Å². The van der Waals surface area contributed by atoms with Crippen LogP contribution in [-0.4, -0.2) is 0 Å². The number of thiophene rings is 1. The van der Waals surface area contributed by atoms with Crippen molar-refractivity contribution in [2.24, 2.45) is 0 Å². The number of nitrogens with two attached hydrogens (primary N) is 2. The first-order valence-corrected chi connectivity index (χ1v) is 5.31. The zero-order chi connectivity index (χ0) is 8.72. The van der Waals surface area contributed by atoms with Gasteiger partial charge >= 0.3 is 0 Å². The van der Waals surface area contributed by atoms with Crippen LogP contribution in [0.3, 0.4) is 0 Å². The highest BCUT2D eigenvalue weighted by atomic mass is 127. The smallest absolute Gasteiger partial charge is 0.110 e. The first kappa shape index (κ1) is 8.12. The maximum atomic E-state index is 5.79. The fourth-order valence-electron chi connectivity index (χ4n) is 1.12. The molecule has 1 aromatic carbocycles. The fourth-order valence-corrected chi connectivity index (χ4v) is 2.84. The Morgan fingerprint density at radius 1 is 1.25 bits per heavy atom. The molecule has 2 aromatic rings. The van der Waals surface area contributed by atoms with Crippen molar-refractivity contribution in [3.05, 3.63) is 21.8 Å². The Morgan fingerprint density at radius 2 is 2.00 bits per heavy atom. The van der Waals surface area contributed by atoms with E-state index in [2.05, 4.69) is 28.7 Å². The zero-order valence-electron chi connectivity index (χ0n) is 6.17. The molecule has 1 heterocycles. The lowest BCUT2D eigenvalue weighted by molar-refractivity contribution is 1.78. The lowest BCUT2D eigenvalue weighted by atomic mass is 10.2. The third kappa shape index (κ3) is 1.06. The van der Waals surface area contributed by atoms with E-state index in [-0.39, 0.29) is 0 Å². The third-order valence-corrected chi connectivity index (χ3v) is 4.08. The van der Waals surface area contributed by atoms with Crippen LogP contribution in [0.4, 0.5) is 10.7 Å². The van der Waals surface area contributed by atoms with Gasteiger partial charge in [-0.3, -0.25) is 0 Å². The Labute approximate surface area is 87.7 Å². The van der Waals surface area contributed by atoms with E-state index in [1.807, 2.05) is 12.1 Å². The molecule has 0 aliphatic heterocycles. The summed E-state index contributed by atoms with van der Waals surface area (Å²) in [7, 11) is 0. The Hall–Kier alpha value is -0.490. The van der Waals surface area contributed by atoms with Gasteiger partial charge in [0.2, 0.25) is 0 Å². The molecule has 0 spiro atoms. The van der Waals surface area contributed by atoms with Gasteiger partial charge in [0.15, 0.2) is 0 Å². The quantitative estimate of drug-likeness (QED) is 0.733. The maximum Gasteiger partial charge on any atom is 0.110 e. The van der Waals surface area contributed by atoms with E-state index in [0.717, 1.165) is 5.39 Å². The van der Waals surface area contributed by atoms with Crippen molar-refractivity contribution in [1.82, 2.24) is 0 Å². The molecular weight excluding hydrogens is 283 g/mol. The summed E-state index contributed by atoms with van der Waals surface area (Å²) in [6, 6.07) is 6.05. The SMILES string of the molecule is Nc1sc2c(I)cccc2c1N. The highest BCUT2D eigenvalue weighted by Crippen LogP contribution is 2.37. The summed E-state index contributed by atoms with van der Waals surface area (Å²) in [5.41, 5.74) is 12.2. The monoisotopic (exact) mass is 290 g/mol. The van der Waals surface area contributed by atoms with Gasteiger partial charge in [-0.25, -0.2) is 0 Å². The zero-order valence-corrected chi connectivity index (χ0v) is 9.15. The molecule has 2 nitrogen and oxygen atoms in total. The van der Waals surface area contributed by atoms with Crippen molar-refractivity contribution in [2.45, 2.75) is 0 Å². The van der Waals surface area contributed by atoms with Gasteiger partial charge < -0.3 is 11.5 Å². The van der Waals surface area contributed by atoms with Crippen LogP contribution in [-0.2, 0) is 0 Å². The molecule has 2 rings (SSSR count). The van der Waals surface area contributed by atoms with Crippen LogP contribution in [0.2, 0.25) is 0 Å². The van der Waals surface area contributed by atoms with Gasteiger partial charge in [-0.2, -0.15) is 0 Å². The van der Waals surface area contributed by atoms with E-state index in [1.165, 1.54) is 8.27 Å². The summed E-state index contributed by atoms with van der Waals surface area (Å²) in [6.07, 6.45) is 0. The van der Waals surface area contributed by atoms with Gasteiger partial charge in [0.1, 0.15) is 5.00 Å². The first-order chi connectivity index (χ1) is 5.70. The summed E-state index contributed by atoms with van der Waals surface area (Å²) in [4.78, 5) is 0. The molecule has 12 heavy (non-hydrogen) atoms. The molecule has 0 saturated carbocycles. The Kier molecular flexibility index (Phi) is 1.88. The molecule has 0 radical (unpaired) electrons. The van der Waals surface area contributed by atoms with E-state index in [1.54, 1.807) is 11.3 Å². The van der Waals surface area contributed by atoms with Gasteiger partial charge in [-0.1, -0.05) is 12.1 Å². The summed E-state index contributed by atoms with van der Waals surface area (Å²) in [5.74, 6) is 0. The second-order valence-corrected chi connectivity index (χ2v) is 4.71. The molecule has 1 aromatic heterocycles. The minimum Gasteiger partial charge on any atom is -0.396 e. The summed E-state index contributed by atoms with van der Waals surface area (Å²) in [6.45, 7) is 0. The third-order valence-electron chi connectivity index (χ3n) is 1.73. The van der Waals surface area contributed by atoms with Crippen molar-refractivity contribution in [3.8, 4) is 0 Å². The Morgan fingerprint density at radius 3 is 2.67 bits per heavy atom. The fraction of sp³-hybridized carbons (Fsp3) is 0. The molecule has 0 aliphatic carbocycles. The number of anilines is 2. The van der Waals surface area contributed by atoms with Crippen LogP contribution in [0.5, 0.6) is 0 Å². The number of rotatable bonds is 0. The summed E-state index contributed by atoms with van der Waals surface area (Å²) >= 11 is 3.84. The molecular formula is C8H7IN2S. The Bertz CT molecular complexity index is 436. The Balaban J connectivity index is 2.95. The lowest BCUT2D eigenvalue weighted by Gasteiger charge is -1.92. The first-order valence-electron chi connectivity index (χ1n) is 3.42. The number of halogens is 1. The normalized spacial score (nSPS) is 10.8. The van der Waals surface area contributed by atoms with E-state index in [9.17, 15) is 0 Å². The molecule has 0 saturated heterocycles. The van der Waals surface area contributed by atoms with Gasteiger partial charge in [0.25, 0.3) is 0 Å². The molecule has 4 N–H and O–H groups in total. The number of hydrogen-bond acceptors (Lipinski definition) is 3. The molecule has 0 bridgehead atoms. The minimum atomic E-state index is 0.716. The van der Waals surface area contributed by atoms with E-state index in [0.29, 0.717) is 10.7 Å².